The Morgan fingerprint density at radius 1 is 1.39 bits per heavy atom. The van der Waals surface area contributed by atoms with E-state index in [1.807, 2.05) is 17.8 Å². The predicted octanol–water partition coefficient (Wildman–Crippen LogP) is 3.71. The highest BCUT2D eigenvalue weighted by Crippen LogP contribution is 2.38. The van der Waals surface area contributed by atoms with Gasteiger partial charge in [-0.2, -0.15) is 11.8 Å². The molecule has 1 aromatic heterocycles. The summed E-state index contributed by atoms with van der Waals surface area (Å²) in [6, 6.07) is 2.65. The highest BCUT2D eigenvalue weighted by atomic mass is 32.2. The first kappa shape index (κ1) is 12.3. The van der Waals surface area contributed by atoms with Crippen molar-refractivity contribution in [2.24, 2.45) is 5.41 Å². The van der Waals surface area contributed by atoms with Gasteiger partial charge in [-0.25, -0.2) is 0 Å². The number of carbonyl (C=O) groups excluding carboxylic acids is 1. The first-order valence-corrected chi connectivity index (χ1v) is 8.03. The first-order chi connectivity index (χ1) is 8.57. The van der Waals surface area contributed by atoms with Gasteiger partial charge in [0.25, 0.3) is 0 Å². The molecule has 0 N–H and O–H groups in total. The lowest BCUT2D eigenvalue weighted by Gasteiger charge is -2.32. The SMILES string of the molecule is CC1(C)CC(=O)c2ccn(C3CCCSC3)c2C1. The fourth-order valence-electron chi connectivity index (χ4n) is 3.25. The van der Waals surface area contributed by atoms with Gasteiger partial charge in [-0.1, -0.05) is 13.8 Å². The number of carbonyl (C=O) groups is 1. The van der Waals surface area contributed by atoms with Gasteiger partial charge in [0, 0.05) is 35.7 Å². The van der Waals surface area contributed by atoms with Gasteiger partial charge in [0.05, 0.1) is 0 Å². The minimum Gasteiger partial charge on any atom is -0.347 e. The lowest BCUT2D eigenvalue weighted by atomic mass is 9.76. The highest BCUT2D eigenvalue weighted by Gasteiger charge is 2.34. The van der Waals surface area contributed by atoms with E-state index in [0.717, 1.165) is 12.0 Å². The van der Waals surface area contributed by atoms with E-state index in [-0.39, 0.29) is 5.41 Å². The van der Waals surface area contributed by atoms with Crippen molar-refractivity contribution < 1.29 is 4.79 Å². The largest absolute Gasteiger partial charge is 0.347 e. The Morgan fingerprint density at radius 3 is 2.94 bits per heavy atom. The molecule has 3 rings (SSSR count). The summed E-state index contributed by atoms with van der Waals surface area (Å²) >= 11 is 2.05. The molecule has 2 heterocycles. The van der Waals surface area contributed by atoms with Crippen LogP contribution in [0.2, 0.25) is 0 Å². The molecule has 1 fully saturated rings. The van der Waals surface area contributed by atoms with E-state index in [1.165, 1.54) is 30.0 Å². The van der Waals surface area contributed by atoms with Crippen molar-refractivity contribution in [1.82, 2.24) is 4.57 Å². The smallest absolute Gasteiger partial charge is 0.165 e. The van der Waals surface area contributed by atoms with E-state index < -0.39 is 0 Å². The van der Waals surface area contributed by atoms with Crippen molar-refractivity contribution in [3.8, 4) is 0 Å². The van der Waals surface area contributed by atoms with Crippen LogP contribution in [0.15, 0.2) is 12.3 Å². The molecule has 1 unspecified atom stereocenters. The summed E-state index contributed by atoms with van der Waals surface area (Å²) in [5.74, 6) is 2.84. The fraction of sp³-hybridized carbons (Fsp3) is 0.667. The molecule has 0 aromatic carbocycles. The molecule has 18 heavy (non-hydrogen) atoms. The number of fused-ring (bicyclic) bond motifs is 1. The highest BCUT2D eigenvalue weighted by molar-refractivity contribution is 7.99. The molecule has 1 aromatic rings. The van der Waals surface area contributed by atoms with Gasteiger partial charge >= 0.3 is 0 Å². The Kier molecular flexibility index (Phi) is 3.05. The summed E-state index contributed by atoms with van der Waals surface area (Å²) in [6.07, 6.45) is 6.47. The van der Waals surface area contributed by atoms with Gasteiger partial charge in [0.2, 0.25) is 0 Å². The van der Waals surface area contributed by atoms with Crippen molar-refractivity contribution >= 4 is 17.5 Å². The first-order valence-electron chi connectivity index (χ1n) is 6.87. The third-order valence-corrected chi connectivity index (χ3v) is 5.34. The van der Waals surface area contributed by atoms with E-state index in [0.29, 0.717) is 18.2 Å². The van der Waals surface area contributed by atoms with Crippen molar-refractivity contribution in [3.63, 3.8) is 0 Å². The van der Waals surface area contributed by atoms with Crippen LogP contribution in [0.4, 0.5) is 0 Å². The molecule has 3 heteroatoms. The van der Waals surface area contributed by atoms with Crippen LogP contribution in [0.3, 0.4) is 0 Å². The zero-order chi connectivity index (χ0) is 12.8. The second-order valence-electron chi connectivity index (χ2n) is 6.40. The maximum atomic E-state index is 12.2. The molecule has 0 saturated carbocycles. The number of hydrogen-bond donors (Lipinski definition) is 0. The zero-order valence-corrected chi connectivity index (χ0v) is 12.1. The quantitative estimate of drug-likeness (QED) is 0.770. The molecule has 98 valence electrons. The molecule has 0 radical (unpaired) electrons. The van der Waals surface area contributed by atoms with Gasteiger partial charge in [0.15, 0.2) is 5.78 Å². The van der Waals surface area contributed by atoms with Gasteiger partial charge in [0.1, 0.15) is 0 Å². The summed E-state index contributed by atoms with van der Waals surface area (Å²) in [5, 5.41) is 0. The number of Topliss-reactive ketones (excluding diaryl/α,β-unsaturated/α-hetero) is 1. The Hall–Kier alpha value is -0.700. The number of hydrogen-bond acceptors (Lipinski definition) is 2. The molecule has 1 atom stereocenters. The molecule has 2 nitrogen and oxygen atoms in total. The molecule has 0 spiro atoms. The van der Waals surface area contributed by atoms with Crippen LogP contribution in [0.25, 0.3) is 0 Å². The molecule has 2 aliphatic rings. The van der Waals surface area contributed by atoms with Crippen LogP contribution < -0.4 is 0 Å². The minimum absolute atomic E-state index is 0.127. The van der Waals surface area contributed by atoms with Crippen LogP contribution >= 0.6 is 11.8 Å². The van der Waals surface area contributed by atoms with Gasteiger partial charge in [-0.3, -0.25) is 4.79 Å². The monoisotopic (exact) mass is 263 g/mol. The van der Waals surface area contributed by atoms with E-state index in [2.05, 4.69) is 24.6 Å². The fourth-order valence-corrected chi connectivity index (χ4v) is 4.39. The van der Waals surface area contributed by atoms with Crippen molar-refractivity contribution in [1.29, 1.82) is 0 Å². The van der Waals surface area contributed by atoms with Crippen molar-refractivity contribution in [2.75, 3.05) is 11.5 Å². The van der Waals surface area contributed by atoms with E-state index in [1.54, 1.807) is 0 Å². The second-order valence-corrected chi connectivity index (χ2v) is 7.55. The minimum atomic E-state index is 0.127. The number of rotatable bonds is 1. The lowest BCUT2D eigenvalue weighted by molar-refractivity contribution is 0.0909. The summed E-state index contributed by atoms with van der Waals surface area (Å²) in [7, 11) is 0. The third-order valence-electron chi connectivity index (χ3n) is 4.14. The molecule has 1 aliphatic carbocycles. The summed E-state index contributed by atoms with van der Waals surface area (Å²) in [4.78, 5) is 12.2. The number of ketones is 1. The number of nitrogens with zero attached hydrogens (tertiary/aromatic N) is 1. The maximum absolute atomic E-state index is 12.2. The van der Waals surface area contributed by atoms with Gasteiger partial charge in [-0.15, -0.1) is 0 Å². The summed E-state index contributed by atoms with van der Waals surface area (Å²) in [6.45, 7) is 4.42. The van der Waals surface area contributed by atoms with Crippen LogP contribution in [0, 0.1) is 5.41 Å². The Labute approximate surface area is 113 Å². The van der Waals surface area contributed by atoms with Crippen LogP contribution in [-0.4, -0.2) is 21.9 Å². The Balaban J connectivity index is 1.96. The maximum Gasteiger partial charge on any atom is 0.165 e. The van der Waals surface area contributed by atoms with Gasteiger partial charge in [-0.05, 0) is 36.5 Å². The van der Waals surface area contributed by atoms with E-state index >= 15 is 0 Å². The molecular formula is C15H21NOS. The second kappa shape index (κ2) is 4.44. The number of aromatic nitrogens is 1. The van der Waals surface area contributed by atoms with Crippen molar-refractivity contribution in [2.45, 2.75) is 45.6 Å². The third kappa shape index (κ3) is 2.13. The molecule has 1 aliphatic heterocycles. The molecule has 0 amide bonds. The predicted molar refractivity (Wildman–Crippen MR) is 76.5 cm³/mol. The topological polar surface area (TPSA) is 22.0 Å². The molecule has 0 bridgehead atoms. The summed E-state index contributed by atoms with van der Waals surface area (Å²) < 4.78 is 2.40. The van der Waals surface area contributed by atoms with Crippen molar-refractivity contribution in [3.05, 3.63) is 23.5 Å². The lowest BCUT2D eigenvalue weighted by Crippen LogP contribution is -2.29. The van der Waals surface area contributed by atoms with Crippen LogP contribution in [-0.2, 0) is 6.42 Å². The normalized spacial score (nSPS) is 27.0. The van der Waals surface area contributed by atoms with Crippen LogP contribution in [0.1, 0.15) is 55.2 Å². The zero-order valence-electron chi connectivity index (χ0n) is 11.2. The number of thioether (sulfide) groups is 1. The Morgan fingerprint density at radius 2 is 2.22 bits per heavy atom. The average Bonchev–Trinajstić information content (AvgIpc) is 2.72. The average molecular weight is 263 g/mol. The van der Waals surface area contributed by atoms with Gasteiger partial charge < -0.3 is 4.57 Å². The Bertz CT molecular complexity index is 469. The van der Waals surface area contributed by atoms with E-state index in [9.17, 15) is 4.79 Å². The standard InChI is InChI=1S/C15H21NOS/c1-15(2)8-13-12(14(17)9-15)5-6-16(13)11-4-3-7-18-10-11/h5-6,11H,3-4,7-10H2,1-2H3. The molecule has 1 saturated heterocycles. The summed E-state index contributed by atoms with van der Waals surface area (Å²) in [5.41, 5.74) is 2.41. The van der Waals surface area contributed by atoms with Crippen LogP contribution in [0.5, 0.6) is 0 Å². The van der Waals surface area contributed by atoms with E-state index in [4.69, 9.17) is 0 Å². The molecular weight excluding hydrogens is 242 g/mol.